The summed E-state index contributed by atoms with van der Waals surface area (Å²) in [7, 11) is 0. The molecule has 9 nitrogen and oxygen atoms in total. The molecular weight excluding hydrogens is 462 g/mol. The monoisotopic (exact) mass is 505 g/mol. The standard InChI is InChI=1S/C27H43N3O6/c1-19(2)14-16-30(27(35)36-18-22-11-7-6-8-12-22)26(34)29-23(17-20(3)4)25(33)28-15-10-9-13-24(32)21(5)31/h6-8,11-12,19-20,23-24,32H,9-10,13-18H2,1-5H3,(H,28,33)(H,29,34)/t23-,24?/m0/s1. The molecule has 2 atom stereocenters. The number of carbonyl (C=O) groups excluding carboxylic acids is 4. The first-order valence-electron chi connectivity index (χ1n) is 12.8. The van der Waals surface area contributed by atoms with Gasteiger partial charge in [0.1, 0.15) is 18.8 Å². The van der Waals surface area contributed by atoms with Crippen molar-refractivity contribution in [3.05, 3.63) is 35.9 Å². The lowest BCUT2D eigenvalue weighted by atomic mass is 10.0. The normalized spacial score (nSPS) is 12.7. The fraction of sp³-hybridized carbons (Fsp3) is 0.630. The largest absolute Gasteiger partial charge is 0.444 e. The summed E-state index contributed by atoms with van der Waals surface area (Å²) in [5.74, 6) is -0.229. The van der Waals surface area contributed by atoms with Crippen molar-refractivity contribution in [2.45, 2.75) is 85.5 Å². The third-order valence-corrected chi connectivity index (χ3v) is 5.59. The minimum atomic E-state index is -0.979. The highest BCUT2D eigenvalue weighted by atomic mass is 16.6. The quantitative estimate of drug-likeness (QED) is 0.309. The van der Waals surface area contributed by atoms with Gasteiger partial charge in [-0.25, -0.2) is 14.5 Å². The zero-order chi connectivity index (χ0) is 27.1. The molecule has 0 heterocycles. The molecule has 202 valence electrons. The van der Waals surface area contributed by atoms with Crippen LogP contribution in [0.25, 0.3) is 0 Å². The van der Waals surface area contributed by atoms with E-state index in [0.29, 0.717) is 38.6 Å². The van der Waals surface area contributed by atoms with Crippen LogP contribution in [0, 0.1) is 11.8 Å². The molecule has 4 amide bonds. The highest BCUT2D eigenvalue weighted by molar-refractivity contribution is 5.94. The number of carbonyl (C=O) groups is 4. The lowest BCUT2D eigenvalue weighted by molar-refractivity contribution is -0.125. The van der Waals surface area contributed by atoms with Crippen LogP contribution in [-0.4, -0.2) is 59.1 Å². The van der Waals surface area contributed by atoms with Gasteiger partial charge in [0.15, 0.2) is 5.78 Å². The van der Waals surface area contributed by atoms with Crippen molar-refractivity contribution < 1.29 is 29.0 Å². The summed E-state index contributed by atoms with van der Waals surface area (Å²) in [4.78, 5) is 50.8. The SMILES string of the molecule is CC(=O)C(O)CCCCNC(=O)[C@H](CC(C)C)NC(=O)N(CCC(C)C)C(=O)OCc1ccccc1. The molecule has 0 radical (unpaired) electrons. The van der Waals surface area contributed by atoms with Crippen LogP contribution in [0.5, 0.6) is 0 Å². The Hall–Kier alpha value is -2.94. The average molecular weight is 506 g/mol. The Labute approximate surface area is 215 Å². The molecule has 1 aromatic carbocycles. The zero-order valence-electron chi connectivity index (χ0n) is 22.3. The number of nitrogens with one attached hydrogen (secondary N) is 2. The van der Waals surface area contributed by atoms with Crippen LogP contribution in [0.4, 0.5) is 9.59 Å². The molecular formula is C27H43N3O6. The van der Waals surface area contributed by atoms with Crippen LogP contribution in [0.1, 0.15) is 72.3 Å². The molecule has 0 saturated carbocycles. The van der Waals surface area contributed by atoms with Crippen LogP contribution in [0.15, 0.2) is 30.3 Å². The van der Waals surface area contributed by atoms with Gasteiger partial charge in [0.2, 0.25) is 5.91 Å². The zero-order valence-corrected chi connectivity index (χ0v) is 22.3. The summed E-state index contributed by atoms with van der Waals surface area (Å²) >= 11 is 0. The van der Waals surface area contributed by atoms with Crippen molar-refractivity contribution in [2.24, 2.45) is 11.8 Å². The highest BCUT2D eigenvalue weighted by Crippen LogP contribution is 2.10. The van der Waals surface area contributed by atoms with Gasteiger partial charge in [-0.05, 0) is 56.4 Å². The number of imide groups is 1. The van der Waals surface area contributed by atoms with Gasteiger partial charge in [-0.15, -0.1) is 0 Å². The summed E-state index contributed by atoms with van der Waals surface area (Å²) in [5, 5.41) is 15.1. The number of Topliss-reactive ketones (excluding diaryl/α,β-unsaturated/α-hetero) is 1. The van der Waals surface area contributed by atoms with E-state index in [0.717, 1.165) is 10.5 Å². The number of amides is 4. The van der Waals surface area contributed by atoms with E-state index in [1.165, 1.54) is 6.92 Å². The minimum absolute atomic E-state index is 0.0410. The van der Waals surface area contributed by atoms with Crippen LogP contribution in [-0.2, 0) is 20.9 Å². The minimum Gasteiger partial charge on any atom is -0.444 e. The van der Waals surface area contributed by atoms with Crippen LogP contribution in [0.3, 0.4) is 0 Å². The Morgan fingerprint density at radius 2 is 1.64 bits per heavy atom. The molecule has 1 rings (SSSR count). The van der Waals surface area contributed by atoms with E-state index in [9.17, 15) is 24.3 Å². The van der Waals surface area contributed by atoms with Crippen molar-refractivity contribution in [1.29, 1.82) is 0 Å². The molecule has 1 unspecified atom stereocenters. The second kappa shape index (κ2) is 16.7. The molecule has 0 aliphatic rings. The van der Waals surface area contributed by atoms with E-state index in [1.807, 2.05) is 58.0 Å². The van der Waals surface area contributed by atoms with Crippen LogP contribution >= 0.6 is 0 Å². The number of ketones is 1. The smallest absolute Gasteiger partial charge is 0.418 e. The molecule has 0 spiro atoms. The molecule has 0 bridgehead atoms. The number of hydrogen-bond donors (Lipinski definition) is 3. The van der Waals surface area contributed by atoms with E-state index < -0.39 is 24.3 Å². The molecule has 0 aromatic heterocycles. The van der Waals surface area contributed by atoms with E-state index >= 15 is 0 Å². The molecule has 0 saturated heterocycles. The number of hydrogen-bond acceptors (Lipinski definition) is 6. The van der Waals surface area contributed by atoms with Crippen LogP contribution < -0.4 is 10.6 Å². The van der Waals surface area contributed by atoms with Gasteiger partial charge >= 0.3 is 12.1 Å². The number of unbranched alkanes of at least 4 members (excludes halogenated alkanes) is 1. The predicted molar refractivity (Wildman–Crippen MR) is 138 cm³/mol. The molecule has 36 heavy (non-hydrogen) atoms. The predicted octanol–water partition coefficient (Wildman–Crippen LogP) is 4.03. The molecule has 9 heteroatoms. The molecule has 0 fully saturated rings. The molecule has 1 aromatic rings. The number of urea groups is 1. The van der Waals surface area contributed by atoms with Crippen molar-refractivity contribution in [2.75, 3.05) is 13.1 Å². The third-order valence-electron chi connectivity index (χ3n) is 5.59. The van der Waals surface area contributed by atoms with E-state index in [4.69, 9.17) is 4.74 Å². The first kappa shape index (κ1) is 31.1. The van der Waals surface area contributed by atoms with Crippen molar-refractivity contribution in [1.82, 2.24) is 15.5 Å². The van der Waals surface area contributed by atoms with Crippen molar-refractivity contribution in [3.63, 3.8) is 0 Å². The second-order valence-corrected chi connectivity index (χ2v) is 9.92. The number of nitrogens with zero attached hydrogens (tertiary/aromatic N) is 1. The second-order valence-electron chi connectivity index (χ2n) is 9.92. The lowest BCUT2D eigenvalue weighted by Crippen LogP contribution is -2.53. The molecule has 0 aliphatic carbocycles. The van der Waals surface area contributed by atoms with Gasteiger partial charge in [-0.1, -0.05) is 58.0 Å². The van der Waals surface area contributed by atoms with E-state index in [1.54, 1.807) is 0 Å². The van der Waals surface area contributed by atoms with Gasteiger partial charge < -0.3 is 20.5 Å². The summed E-state index contributed by atoms with van der Waals surface area (Å²) < 4.78 is 5.38. The van der Waals surface area contributed by atoms with Crippen molar-refractivity contribution in [3.8, 4) is 0 Å². The average Bonchev–Trinajstić information content (AvgIpc) is 2.82. The Morgan fingerprint density at radius 1 is 0.972 bits per heavy atom. The third kappa shape index (κ3) is 12.7. The molecule has 3 N–H and O–H groups in total. The first-order valence-corrected chi connectivity index (χ1v) is 12.8. The first-order chi connectivity index (χ1) is 17.0. The fourth-order valence-corrected chi connectivity index (χ4v) is 3.39. The maximum absolute atomic E-state index is 13.1. The lowest BCUT2D eigenvalue weighted by Gasteiger charge is -2.26. The van der Waals surface area contributed by atoms with E-state index in [-0.39, 0.29) is 36.7 Å². The number of aliphatic hydroxyl groups excluding tert-OH is 1. The number of ether oxygens (including phenoxy) is 1. The Balaban J connectivity index is 2.75. The summed E-state index contributed by atoms with van der Waals surface area (Å²) in [6.07, 6.45) is 0.770. The maximum atomic E-state index is 13.1. The van der Waals surface area contributed by atoms with Gasteiger partial charge in [-0.2, -0.15) is 0 Å². The Kier molecular flexibility index (Phi) is 14.4. The fourth-order valence-electron chi connectivity index (χ4n) is 3.39. The number of aliphatic hydroxyl groups is 1. The van der Waals surface area contributed by atoms with E-state index in [2.05, 4.69) is 10.6 Å². The number of rotatable bonds is 15. The molecule has 0 aliphatic heterocycles. The summed E-state index contributed by atoms with van der Waals surface area (Å²) in [6.45, 7) is 9.79. The van der Waals surface area contributed by atoms with Gasteiger partial charge in [0, 0.05) is 13.1 Å². The summed E-state index contributed by atoms with van der Waals surface area (Å²) in [6, 6.07) is 7.72. The van der Waals surface area contributed by atoms with Gasteiger partial charge in [-0.3, -0.25) is 9.59 Å². The Morgan fingerprint density at radius 3 is 2.22 bits per heavy atom. The van der Waals surface area contributed by atoms with Crippen LogP contribution in [0.2, 0.25) is 0 Å². The topological polar surface area (TPSA) is 125 Å². The highest BCUT2D eigenvalue weighted by Gasteiger charge is 2.28. The number of benzene rings is 1. The summed E-state index contributed by atoms with van der Waals surface area (Å²) in [5.41, 5.74) is 0.808. The Bertz CT molecular complexity index is 828. The van der Waals surface area contributed by atoms with Gasteiger partial charge in [0.25, 0.3) is 0 Å². The van der Waals surface area contributed by atoms with Gasteiger partial charge in [0.05, 0.1) is 0 Å². The van der Waals surface area contributed by atoms with Crippen molar-refractivity contribution >= 4 is 23.8 Å². The maximum Gasteiger partial charge on any atom is 0.418 e.